The standard InChI is InChI=1S/C15H20N2OS2/c1-20-12-4-2-3-10(13(12)15(16)19)17-11-7-8-18-14(11)9-5-6-9/h2-4,9,11,14,17H,5-8H2,1H3,(H2,16,19). The van der Waals surface area contributed by atoms with Crippen molar-refractivity contribution in [3.8, 4) is 0 Å². The lowest BCUT2D eigenvalue weighted by Crippen LogP contribution is -2.32. The highest BCUT2D eigenvalue weighted by Gasteiger charge is 2.40. The highest BCUT2D eigenvalue weighted by molar-refractivity contribution is 7.98. The third-order valence-electron chi connectivity index (χ3n) is 4.06. The maximum Gasteiger partial charge on any atom is 0.107 e. The zero-order chi connectivity index (χ0) is 14.1. The van der Waals surface area contributed by atoms with E-state index in [-0.39, 0.29) is 0 Å². The first-order valence-electron chi connectivity index (χ1n) is 7.05. The molecule has 1 saturated heterocycles. The van der Waals surface area contributed by atoms with Crippen molar-refractivity contribution in [3.63, 3.8) is 0 Å². The van der Waals surface area contributed by atoms with Crippen LogP contribution in [0.1, 0.15) is 24.8 Å². The zero-order valence-corrected chi connectivity index (χ0v) is 13.2. The first-order chi connectivity index (χ1) is 9.70. The predicted molar refractivity (Wildman–Crippen MR) is 88.6 cm³/mol. The molecular formula is C15H20N2OS2. The van der Waals surface area contributed by atoms with E-state index in [2.05, 4.69) is 23.5 Å². The van der Waals surface area contributed by atoms with E-state index >= 15 is 0 Å². The first-order valence-corrected chi connectivity index (χ1v) is 8.69. The number of thiocarbonyl (C=S) groups is 1. The second-order valence-electron chi connectivity index (χ2n) is 5.46. The summed E-state index contributed by atoms with van der Waals surface area (Å²) in [5, 5.41) is 3.63. The van der Waals surface area contributed by atoms with Gasteiger partial charge in [-0.2, -0.15) is 0 Å². The fourth-order valence-corrected chi connectivity index (χ4v) is 3.85. The normalized spacial score (nSPS) is 25.6. The van der Waals surface area contributed by atoms with Gasteiger partial charge in [-0.15, -0.1) is 11.8 Å². The van der Waals surface area contributed by atoms with E-state index in [4.69, 9.17) is 22.7 Å². The van der Waals surface area contributed by atoms with Crippen molar-refractivity contribution in [2.45, 2.75) is 36.3 Å². The van der Waals surface area contributed by atoms with Crippen LogP contribution in [0.15, 0.2) is 23.1 Å². The molecule has 3 N–H and O–H groups in total. The lowest BCUT2D eigenvalue weighted by atomic mass is 10.0. The second-order valence-corrected chi connectivity index (χ2v) is 6.75. The minimum Gasteiger partial charge on any atom is -0.389 e. The van der Waals surface area contributed by atoms with Gasteiger partial charge in [0.25, 0.3) is 0 Å². The Balaban J connectivity index is 1.84. The molecule has 0 aromatic heterocycles. The highest BCUT2D eigenvalue weighted by Crippen LogP contribution is 2.40. The zero-order valence-electron chi connectivity index (χ0n) is 11.6. The molecule has 1 aromatic rings. The number of nitrogens with one attached hydrogen (secondary N) is 1. The van der Waals surface area contributed by atoms with E-state index in [1.165, 1.54) is 12.8 Å². The predicted octanol–water partition coefficient (Wildman–Crippen LogP) is 3.02. The summed E-state index contributed by atoms with van der Waals surface area (Å²) in [7, 11) is 0. The molecule has 2 unspecified atom stereocenters. The number of thioether (sulfide) groups is 1. The van der Waals surface area contributed by atoms with Crippen molar-refractivity contribution in [2.75, 3.05) is 18.2 Å². The van der Waals surface area contributed by atoms with Crippen LogP contribution in [0, 0.1) is 5.92 Å². The van der Waals surface area contributed by atoms with Crippen LogP contribution in [0.2, 0.25) is 0 Å². The summed E-state index contributed by atoms with van der Waals surface area (Å²) in [4.78, 5) is 1.59. The first kappa shape index (κ1) is 14.2. The lowest BCUT2D eigenvalue weighted by molar-refractivity contribution is 0.0898. The Hall–Kier alpha value is -0.780. The molecule has 2 aliphatic rings. The topological polar surface area (TPSA) is 47.3 Å². The minimum atomic E-state index is 0.354. The van der Waals surface area contributed by atoms with Gasteiger partial charge in [0.2, 0.25) is 0 Å². The number of hydrogen-bond donors (Lipinski definition) is 2. The summed E-state index contributed by atoms with van der Waals surface area (Å²) in [5.41, 5.74) is 7.93. The third-order valence-corrected chi connectivity index (χ3v) is 5.04. The van der Waals surface area contributed by atoms with Crippen LogP contribution in [-0.4, -0.2) is 30.0 Å². The van der Waals surface area contributed by atoms with E-state index in [0.29, 0.717) is 17.1 Å². The average Bonchev–Trinajstić information content (AvgIpc) is 3.18. The van der Waals surface area contributed by atoms with Crippen LogP contribution in [0.5, 0.6) is 0 Å². The number of rotatable bonds is 5. The quantitative estimate of drug-likeness (QED) is 0.647. The monoisotopic (exact) mass is 308 g/mol. The van der Waals surface area contributed by atoms with E-state index in [9.17, 15) is 0 Å². The van der Waals surface area contributed by atoms with Gasteiger partial charge in [-0.25, -0.2) is 0 Å². The second kappa shape index (κ2) is 5.92. The van der Waals surface area contributed by atoms with Crippen molar-refractivity contribution < 1.29 is 4.74 Å². The number of benzene rings is 1. The van der Waals surface area contributed by atoms with Gasteiger partial charge in [0.15, 0.2) is 0 Å². The fraction of sp³-hybridized carbons (Fsp3) is 0.533. The molecule has 0 spiro atoms. The Kier molecular flexibility index (Phi) is 4.19. The molecule has 20 heavy (non-hydrogen) atoms. The van der Waals surface area contributed by atoms with Gasteiger partial charge < -0.3 is 15.8 Å². The van der Waals surface area contributed by atoms with Crippen LogP contribution >= 0.6 is 24.0 Å². The van der Waals surface area contributed by atoms with Gasteiger partial charge in [-0.1, -0.05) is 18.3 Å². The van der Waals surface area contributed by atoms with E-state index in [1.54, 1.807) is 11.8 Å². The molecule has 1 aliphatic carbocycles. The number of ether oxygens (including phenoxy) is 1. The third kappa shape index (κ3) is 2.80. The SMILES string of the molecule is CSc1cccc(NC2CCOC2C2CC2)c1C(N)=S. The lowest BCUT2D eigenvalue weighted by Gasteiger charge is -2.23. The van der Waals surface area contributed by atoms with Crippen molar-refractivity contribution in [1.29, 1.82) is 0 Å². The fourth-order valence-electron chi connectivity index (χ4n) is 2.93. The molecule has 5 heteroatoms. The number of anilines is 1. The average molecular weight is 308 g/mol. The van der Waals surface area contributed by atoms with Crippen molar-refractivity contribution in [3.05, 3.63) is 23.8 Å². The van der Waals surface area contributed by atoms with Gasteiger partial charge >= 0.3 is 0 Å². The summed E-state index contributed by atoms with van der Waals surface area (Å²) in [6.45, 7) is 0.851. The maximum absolute atomic E-state index is 5.92. The Morgan fingerprint density at radius 1 is 1.40 bits per heavy atom. The molecule has 0 bridgehead atoms. The van der Waals surface area contributed by atoms with Crippen LogP contribution in [0.4, 0.5) is 5.69 Å². The molecule has 1 aromatic carbocycles. The van der Waals surface area contributed by atoms with Crippen molar-refractivity contribution in [2.24, 2.45) is 11.7 Å². The summed E-state index contributed by atoms with van der Waals surface area (Å²) in [6, 6.07) is 6.56. The minimum absolute atomic E-state index is 0.354. The molecule has 1 aliphatic heterocycles. The van der Waals surface area contributed by atoms with E-state index in [0.717, 1.165) is 35.1 Å². The van der Waals surface area contributed by atoms with Crippen molar-refractivity contribution in [1.82, 2.24) is 0 Å². The smallest absolute Gasteiger partial charge is 0.107 e. The molecule has 3 nitrogen and oxygen atoms in total. The summed E-state index contributed by atoms with van der Waals surface area (Å²) in [5.74, 6) is 0.743. The Morgan fingerprint density at radius 3 is 2.85 bits per heavy atom. The van der Waals surface area contributed by atoms with Gasteiger partial charge in [-0.05, 0) is 43.6 Å². The van der Waals surface area contributed by atoms with Crippen LogP contribution < -0.4 is 11.1 Å². The molecule has 2 atom stereocenters. The largest absolute Gasteiger partial charge is 0.389 e. The Bertz CT molecular complexity index is 517. The molecule has 108 valence electrons. The highest BCUT2D eigenvalue weighted by atomic mass is 32.2. The van der Waals surface area contributed by atoms with Gasteiger partial charge in [-0.3, -0.25) is 0 Å². The Morgan fingerprint density at radius 2 is 2.20 bits per heavy atom. The molecule has 2 fully saturated rings. The molecule has 1 saturated carbocycles. The summed E-state index contributed by atoms with van der Waals surface area (Å²) < 4.78 is 5.89. The van der Waals surface area contributed by atoms with Gasteiger partial charge in [0, 0.05) is 22.8 Å². The van der Waals surface area contributed by atoms with Crippen LogP contribution in [-0.2, 0) is 4.74 Å². The summed E-state index contributed by atoms with van der Waals surface area (Å²) >= 11 is 6.91. The molecule has 0 amide bonds. The summed E-state index contributed by atoms with van der Waals surface area (Å²) in [6.07, 6.45) is 6.06. The molecular weight excluding hydrogens is 288 g/mol. The van der Waals surface area contributed by atoms with Crippen molar-refractivity contribution >= 4 is 34.7 Å². The molecule has 1 heterocycles. The van der Waals surface area contributed by atoms with Gasteiger partial charge in [0.05, 0.1) is 12.1 Å². The number of nitrogens with two attached hydrogens (primary N) is 1. The molecule has 0 radical (unpaired) electrons. The maximum atomic E-state index is 5.92. The van der Waals surface area contributed by atoms with Crippen LogP contribution in [0.3, 0.4) is 0 Å². The van der Waals surface area contributed by atoms with Crippen LogP contribution in [0.25, 0.3) is 0 Å². The van der Waals surface area contributed by atoms with Gasteiger partial charge in [0.1, 0.15) is 4.99 Å². The number of hydrogen-bond acceptors (Lipinski definition) is 4. The Labute approximate surface area is 129 Å². The van der Waals surface area contributed by atoms with E-state index < -0.39 is 0 Å². The van der Waals surface area contributed by atoms with E-state index in [1.807, 2.05) is 6.26 Å². The molecule has 3 rings (SSSR count).